The fourth-order valence-electron chi connectivity index (χ4n) is 3.67. The predicted octanol–water partition coefficient (Wildman–Crippen LogP) is 3.96. The zero-order chi connectivity index (χ0) is 22.0. The first-order chi connectivity index (χ1) is 15.8. The van der Waals surface area contributed by atoms with Crippen LogP contribution in [0.1, 0.15) is 22.6 Å². The van der Waals surface area contributed by atoms with Crippen LogP contribution in [0.15, 0.2) is 103 Å². The number of rotatable bonds is 8. The summed E-state index contributed by atoms with van der Waals surface area (Å²) in [5.74, 6) is 1.14. The Hall–Kier alpha value is -3.93. The van der Waals surface area contributed by atoms with E-state index in [4.69, 9.17) is 0 Å². The summed E-state index contributed by atoms with van der Waals surface area (Å²) in [5.41, 5.74) is 4.81. The fourth-order valence-corrected chi connectivity index (χ4v) is 3.67. The summed E-state index contributed by atoms with van der Waals surface area (Å²) in [5, 5.41) is 11.1. The van der Waals surface area contributed by atoms with Crippen LogP contribution in [-0.2, 0) is 13.0 Å². The molecule has 4 aromatic rings. The quantitative estimate of drug-likeness (QED) is 0.332. The Balaban J connectivity index is 1.35. The lowest BCUT2D eigenvalue weighted by Gasteiger charge is -2.20. The Kier molecular flexibility index (Phi) is 7.26. The normalized spacial score (nSPS) is 12.3. The molecule has 0 saturated heterocycles. The van der Waals surface area contributed by atoms with E-state index in [0.29, 0.717) is 12.5 Å². The van der Waals surface area contributed by atoms with E-state index in [2.05, 4.69) is 98.5 Å². The molecule has 0 aliphatic heterocycles. The van der Waals surface area contributed by atoms with Crippen molar-refractivity contribution in [2.75, 3.05) is 13.6 Å². The Morgan fingerprint density at radius 3 is 2.25 bits per heavy atom. The average molecular weight is 425 g/mol. The highest BCUT2D eigenvalue weighted by molar-refractivity contribution is 5.79. The molecule has 162 valence electrons. The number of nitrogens with zero attached hydrogens (tertiary/aromatic N) is 4. The molecule has 1 aromatic heterocycles. The summed E-state index contributed by atoms with van der Waals surface area (Å²) in [6, 6.07) is 29.5. The van der Waals surface area contributed by atoms with E-state index in [1.165, 1.54) is 23.0 Å². The maximum absolute atomic E-state index is 4.41. The molecule has 32 heavy (non-hydrogen) atoms. The molecule has 6 nitrogen and oxygen atoms in total. The second-order valence-corrected chi connectivity index (χ2v) is 7.61. The Labute approximate surface area is 189 Å². The van der Waals surface area contributed by atoms with Crippen LogP contribution in [0.3, 0.4) is 0 Å². The second kappa shape index (κ2) is 10.9. The Morgan fingerprint density at radius 2 is 1.59 bits per heavy atom. The van der Waals surface area contributed by atoms with Gasteiger partial charge in [0.1, 0.15) is 12.7 Å². The van der Waals surface area contributed by atoms with Crippen LogP contribution < -0.4 is 10.6 Å². The van der Waals surface area contributed by atoms with Crippen molar-refractivity contribution in [3.8, 4) is 5.69 Å². The number of aromatic nitrogens is 3. The van der Waals surface area contributed by atoms with Crippen LogP contribution in [0.5, 0.6) is 0 Å². The smallest absolute Gasteiger partial charge is 0.191 e. The first-order valence-electron chi connectivity index (χ1n) is 10.8. The highest BCUT2D eigenvalue weighted by Crippen LogP contribution is 2.20. The molecule has 1 atom stereocenters. The number of hydrogen-bond acceptors (Lipinski definition) is 3. The van der Waals surface area contributed by atoms with E-state index in [0.717, 1.165) is 24.6 Å². The maximum Gasteiger partial charge on any atom is 0.191 e. The summed E-state index contributed by atoms with van der Waals surface area (Å²) >= 11 is 0. The zero-order valence-electron chi connectivity index (χ0n) is 18.2. The molecule has 0 radical (unpaired) electrons. The van der Waals surface area contributed by atoms with Gasteiger partial charge >= 0.3 is 0 Å². The van der Waals surface area contributed by atoms with Crippen LogP contribution in [0.4, 0.5) is 0 Å². The van der Waals surface area contributed by atoms with Gasteiger partial charge in [-0.1, -0.05) is 72.8 Å². The molecule has 0 amide bonds. The van der Waals surface area contributed by atoms with Crippen molar-refractivity contribution < 1.29 is 0 Å². The van der Waals surface area contributed by atoms with Gasteiger partial charge in [-0.3, -0.25) is 4.99 Å². The monoisotopic (exact) mass is 424 g/mol. The van der Waals surface area contributed by atoms with Gasteiger partial charge in [-0.2, -0.15) is 5.10 Å². The van der Waals surface area contributed by atoms with E-state index >= 15 is 0 Å². The number of guanidine groups is 1. The standard InChI is InChI=1S/C26H28N6/c1-27-26(29-17-22-12-14-25(15-13-22)32-20-28-19-31-32)30-18-24(23-10-6-3-7-11-23)16-21-8-4-2-5-9-21/h2-15,19-20,24H,16-18H2,1H3,(H2,27,29,30). The molecular weight excluding hydrogens is 396 g/mol. The lowest BCUT2D eigenvalue weighted by Crippen LogP contribution is -2.39. The van der Waals surface area contributed by atoms with Gasteiger partial charge in [0.15, 0.2) is 5.96 Å². The molecule has 6 heteroatoms. The van der Waals surface area contributed by atoms with Gasteiger partial charge in [0.2, 0.25) is 0 Å². The molecule has 2 N–H and O–H groups in total. The van der Waals surface area contributed by atoms with Crippen molar-refractivity contribution in [2.24, 2.45) is 4.99 Å². The molecule has 3 aromatic carbocycles. The van der Waals surface area contributed by atoms with Crippen molar-refractivity contribution in [1.82, 2.24) is 25.4 Å². The van der Waals surface area contributed by atoms with Gasteiger partial charge in [0, 0.05) is 26.1 Å². The van der Waals surface area contributed by atoms with Gasteiger partial charge in [-0.15, -0.1) is 0 Å². The van der Waals surface area contributed by atoms with Gasteiger partial charge < -0.3 is 10.6 Å². The summed E-state index contributed by atoms with van der Waals surface area (Å²) in [4.78, 5) is 8.40. The zero-order valence-corrected chi connectivity index (χ0v) is 18.2. The average Bonchev–Trinajstić information content (AvgIpc) is 3.40. The molecule has 0 saturated carbocycles. The predicted molar refractivity (Wildman–Crippen MR) is 129 cm³/mol. The van der Waals surface area contributed by atoms with E-state index in [9.17, 15) is 0 Å². The third-order valence-corrected chi connectivity index (χ3v) is 5.42. The highest BCUT2D eigenvalue weighted by atomic mass is 15.3. The van der Waals surface area contributed by atoms with Crippen LogP contribution in [0.2, 0.25) is 0 Å². The molecule has 0 bridgehead atoms. The van der Waals surface area contributed by atoms with Gasteiger partial charge in [0.05, 0.1) is 5.69 Å². The molecule has 0 aliphatic rings. The minimum atomic E-state index is 0.346. The number of hydrogen-bond donors (Lipinski definition) is 2. The molecular formula is C26H28N6. The largest absolute Gasteiger partial charge is 0.356 e. The van der Waals surface area contributed by atoms with Crippen molar-refractivity contribution in [2.45, 2.75) is 18.9 Å². The van der Waals surface area contributed by atoms with Crippen molar-refractivity contribution in [1.29, 1.82) is 0 Å². The van der Waals surface area contributed by atoms with Crippen molar-refractivity contribution in [3.63, 3.8) is 0 Å². The summed E-state index contributed by atoms with van der Waals surface area (Å²) < 4.78 is 1.74. The van der Waals surface area contributed by atoms with Crippen LogP contribution >= 0.6 is 0 Å². The Bertz CT molecular complexity index is 1090. The molecule has 1 unspecified atom stereocenters. The summed E-state index contributed by atoms with van der Waals surface area (Å²) in [6.45, 7) is 1.48. The van der Waals surface area contributed by atoms with Gasteiger partial charge in [0.25, 0.3) is 0 Å². The highest BCUT2D eigenvalue weighted by Gasteiger charge is 2.13. The molecule has 1 heterocycles. The second-order valence-electron chi connectivity index (χ2n) is 7.61. The topological polar surface area (TPSA) is 67.1 Å². The van der Waals surface area contributed by atoms with Gasteiger partial charge in [-0.25, -0.2) is 9.67 Å². The van der Waals surface area contributed by atoms with E-state index < -0.39 is 0 Å². The lowest BCUT2D eigenvalue weighted by molar-refractivity contribution is 0.644. The molecule has 0 fully saturated rings. The number of aliphatic imine (C=N–C) groups is 1. The SMILES string of the molecule is CN=C(NCc1ccc(-n2cncn2)cc1)NCC(Cc1ccccc1)c1ccccc1. The van der Waals surface area contributed by atoms with E-state index in [-0.39, 0.29) is 0 Å². The Morgan fingerprint density at radius 1 is 0.875 bits per heavy atom. The molecule has 0 aliphatic carbocycles. The minimum Gasteiger partial charge on any atom is -0.356 e. The van der Waals surface area contributed by atoms with Crippen LogP contribution in [-0.4, -0.2) is 34.3 Å². The number of benzene rings is 3. The first kappa shape index (κ1) is 21.3. The molecule has 0 spiro atoms. The van der Waals surface area contributed by atoms with Crippen LogP contribution in [0, 0.1) is 0 Å². The lowest BCUT2D eigenvalue weighted by atomic mass is 9.92. The minimum absolute atomic E-state index is 0.346. The van der Waals surface area contributed by atoms with Gasteiger partial charge in [-0.05, 0) is 35.2 Å². The fraction of sp³-hybridized carbons (Fsp3) is 0.192. The number of nitrogens with one attached hydrogen (secondary N) is 2. The first-order valence-corrected chi connectivity index (χ1v) is 10.8. The summed E-state index contributed by atoms with van der Waals surface area (Å²) in [7, 11) is 1.80. The third-order valence-electron chi connectivity index (χ3n) is 5.42. The maximum atomic E-state index is 4.41. The van der Waals surface area contributed by atoms with Crippen molar-refractivity contribution in [3.05, 3.63) is 114 Å². The third kappa shape index (κ3) is 5.82. The van der Waals surface area contributed by atoms with Crippen molar-refractivity contribution >= 4 is 5.96 Å². The summed E-state index contributed by atoms with van der Waals surface area (Å²) in [6.07, 6.45) is 4.20. The molecule has 4 rings (SSSR count). The van der Waals surface area contributed by atoms with Crippen LogP contribution in [0.25, 0.3) is 5.69 Å². The van der Waals surface area contributed by atoms with E-state index in [1.54, 1.807) is 18.1 Å². The van der Waals surface area contributed by atoms with E-state index in [1.807, 2.05) is 12.1 Å².